The molecular weight excluding hydrogens is 241 g/mol. The van der Waals surface area contributed by atoms with Gasteiger partial charge in [0.2, 0.25) is 0 Å². The first-order valence-corrected chi connectivity index (χ1v) is 7.05. The van der Waals surface area contributed by atoms with Gasteiger partial charge in [0.1, 0.15) is 0 Å². The quantitative estimate of drug-likeness (QED) is 0.830. The zero-order valence-corrected chi connectivity index (χ0v) is 12.7. The average Bonchev–Trinajstić information content (AvgIpc) is 2.34. The fraction of sp³-hybridized carbons (Fsp3) is 0.625. The van der Waals surface area contributed by atoms with E-state index in [4.69, 9.17) is 4.74 Å². The molecule has 0 aliphatic carbocycles. The standard InChI is InChI=1S/C16H26FNO/c1-6-13(7-2)19-15-9-8-12(10-14(15)17)11-18-16(3,4)5/h8-10,13,18H,6-7,11H2,1-5H3. The summed E-state index contributed by atoms with van der Waals surface area (Å²) in [6.07, 6.45) is 1.88. The summed E-state index contributed by atoms with van der Waals surface area (Å²) in [5.41, 5.74) is 0.963. The Morgan fingerprint density at radius 2 is 1.84 bits per heavy atom. The lowest BCUT2D eigenvalue weighted by Gasteiger charge is -2.21. The highest BCUT2D eigenvalue weighted by Crippen LogP contribution is 2.21. The minimum atomic E-state index is -0.278. The van der Waals surface area contributed by atoms with Crippen LogP contribution in [0.15, 0.2) is 18.2 Å². The number of benzene rings is 1. The van der Waals surface area contributed by atoms with Crippen LogP contribution in [0, 0.1) is 5.82 Å². The second kappa shape index (κ2) is 6.90. The summed E-state index contributed by atoms with van der Waals surface area (Å²) >= 11 is 0. The van der Waals surface area contributed by atoms with Crippen LogP contribution in [0.25, 0.3) is 0 Å². The molecule has 0 amide bonds. The molecule has 19 heavy (non-hydrogen) atoms. The molecule has 2 nitrogen and oxygen atoms in total. The molecule has 0 unspecified atom stereocenters. The summed E-state index contributed by atoms with van der Waals surface area (Å²) < 4.78 is 19.6. The van der Waals surface area contributed by atoms with Crippen LogP contribution in [-0.4, -0.2) is 11.6 Å². The van der Waals surface area contributed by atoms with Gasteiger partial charge in [-0.1, -0.05) is 19.9 Å². The Labute approximate surface area is 116 Å². The van der Waals surface area contributed by atoms with E-state index < -0.39 is 0 Å². The first-order valence-electron chi connectivity index (χ1n) is 7.05. The topological polar surface area (TPSA) is 21.3 Å². The molecule has 108 valence electrons. The van der Waals surface area contributed by atoms with E-state index in [9.17, 15) is 4.39 Å². The highest BCUT2D eigenvalue weighted by atomic mass is 19.1. The number of ether oxygens (including phenoxy) is 1. The summed E-state index contributed by atoms with van der Waals surface area (Å²) in [5.74, 6) is 0.0771. The number of hydrogen-bond donors (Lipinski definition) is 1. The third-order valence-electron chi connectivity index (χ3n) is 3.02. The van der Waals surface area contributed by atoms with E-state index in [1.54, 1.807) is 12.1 Å². The molecule has 0 saturated carbocycles. The number of halogens is 1. The van der Waals surface area contributed by atoms with E-state index >= 15 is 0 Å². The lowest BCUT2D eigenvalue weighted by atomic mass is 10.1. The molecule has 0 saturated heterocycles. The summed E-state index contributed by atoms with van der Waals surface area (Å²) in [4.78, 5) is 0. The number of rotatable bonds is 6. The fourth-order valence-electron chi connectivity index (χ4n) is 1.75. The van der Waals surface area contributed by atoms with Crippen LogP contribution < -0.4 is 10.1 Å². The van der Waals surface area contributed by atoms with Crippen molar-refractivity contribution in [2.45, 2.75) is 65.6 Å². The maximum atomic E-state index is 14.0. The third kappa shape index (κ3) is 5.60. The maximum absolute atomic E-state index is 14.0. The van der Waals surface area contributed by atoms with E-state index in [0.29, 0.717) is 12.3 Å². The van der Waals surface area contributed by atoms with Crippen LogP contribution in [0.5, 0.6) is 5.75 Å². The smallest absolute Gasteiger partial charge is 0.165 e. The van der Waals surface area contributed by atoms with Gasteiger partial charge in [-0.3, -0.25) is 0 Å². The predicted molar refractivity (Wildman–Crippen MR) is 78.0 cm³/mol. The Hall–Kier alpha value is -1.09. The van der Waals surface area contributed by atoms with Crippen LogP contribution in [0.4, 0.5) is 4.39 Å². The molecule has 0 aliphatic heterocycles. The molecule has 0 aliphatic rings. The Morgan fingerprint density at radius 3 is 2.32 bits per heavy atom. The monoisotopic (exact) mass is 267 g/mol. The molecule has 0 atom stereocenters. The first-order chi connectivity index (χ1) is 8.85. The molecule has 1 aromatic carbocycles. The number of nitrogens with one attached hydrogen (secondary N) is 1. The van der Waals surface area contributed by atoms with Crippen LogP contribution in [0.1, 0.15) is 53.0 Å². The molecule has 0 fully saturated rings. The van der Waals surface area contributed by atoms with E-state index in [-0.39, 0.29) is 17.5 Å². The van der Waals surface area contributed by atoms with Gasteiger partial charge in [0, 0.05) is 12.1 Å². The van der Waals surface area contributed by atoms with Crippen molar-refractivity contribution in [3.63, 3.8) is 0 Å². The minimum absolute atomic E-state index is 0.0289. The van der Waals surface area contributed by atoms with Crippen LogP contribution in [0.3, 0.4) is 0 Å². The number of hydrogen-bond acceptors (Lipinski definition) is 2. The van der Waals surface area contributed by atoms with Gasteiger partial charge in [0.25, 0.3) is 0 Å². The minimum Gasteiger partial charge on any atom is -0.487 e. The Morgan fingerprint density at radius 1 is 1.21 bits per heavy atom. The summed E-state index contributed by atoms with van der Waals surface area (Å²) in [7, 11) is 0. The van der Waals surface area contributed by atoms with E-state index in [2.05, 4.69) is 26.1 Å². The first kappa shape index (κ1) is 16.0. The molecular formula is C16H26FNO. The fourth-order valence-corrected chi connectivity index (χ4v) is 1.75. The van der Waals surface area contributed by atoms with Crippen molar-refractivity contribution < 1.29 is 9.13 Å². The normalized spacial score (nSPS) is 11.9. The van der Waals surface area contributed by atoms with Crippen molar-refractivity contribution in [3.8, 4) is 5.75 Å². The van der Waals surface area contributed by atoms with Crippen LogP contribution in [0.2, 0.25) is 0 Å². The third-order valence-corrected chi connectivity index (χ3v) is 3.02. The molecule has 0 spiro atoms. The van der Waals surface area contributed by atoms with E-state index in [0.717, 1.165) is 18.4 Å². The second-order valence-corrected chi connectivity index (χ2v) is 5.92. The van der Waals surface area contributed by atoms with Crippen molar-refractivity contribution >= 4 is 0 Å². The van der Waals surface area contributed by atoms with E-state index in [1.165, 1.54) is 0 Å². The SMILES string of the molecule is CCC(CC)Oc1ccc(CNC(C)(C)C)cc1F. The van der Waals surface area contributed by atoms with Gasteiger partial charge in [-0.15, -0.1) is 0 Å². The van der Waals surface area contributed by atoms with E-state index in [1.807, 2.05) is 19.9 Å². The average molecular weight is 267 g/mol. The van der Waals surface area contributed by atoms with Crippen molar-refractivity contribution in [1.82, 2.24) is 5.32 Å². The van der Waals surface area contributed by atoms with Gasteiger partial charge in [-0.05, 0) is 51.3 Å². The molecule has 0 aromatic heterocycles. The zero-order valence-electron chi connectivity index (χ0n) is 12.7. The molecule has 0 radical (unpaired) electrons. The second-order valence-electron chi connectivity index (χ2n) is 5.92. The molecule has 1 aromatic rings. The van der Waals surface area contributed by atoms with Crippen molar-refractivity contribution in [1.29, 1.82) is 0 Å². The van der Waals surface area contributed by atoms with Gasteiger partial charge in [-0.25, -0.2) is 4.39 Å². The van der Waals surface area contributed by atoms with Crippen LogP contribution >= 0.6 is 0 Å². The highest BCUT2D eigenvalue weighted by molar-refractivity contribution is 5.29. The summed E-state index contributed by atoms with van der Waals surface area (Å²) in [6, 6.07) is 5.20. The molecule has 1 rings (SSSR count). The molecule has 3 heteroatoms. The zero-order chi connectivity index (χ0) is 14.5. The Kier molecular flexibility index (Phi) is 5.80. The predicted octanol–water partition coefficient (Wildman–Crippen LogP) is 4.28. The van der Waals surface area contributed by atoms with Gasteiger partial charge >= 0.3 is 0 Å². The van der Waals surface area contributed by atoms with Gasteiger partial charge in [-0.2, -0.15) is 0 Å². The van der Waals surface area contributed by atoms with Crippen molar-refractivity contribution in [3.05, 3.63) is 29.6 Å². The molecule has 1 N–H and O–H groups in total. The van der Waals surface area contributed by atoms with Crippen LogP contribution in [-0.2, 0) is 6.54 Å². The lowest BCUT2D eigenvalue weighted by molar-refractivity contribution is 0.184. The highest BCUT2D eigenvalue weighted by Gasteiger charge is 2.12. The summed E-state index contributed by atoms with van der Waals surface area (Å²) in [6.45, 7) is 11.0. The van der Waals surface area contributed by atoms with Gasteiger partial charge in [0.05, 0.1) is 6.10 Å². The van der Waals surface area contributed by atoms with Gasteiger partial charge < -0.3 is 10.1 Å². The molecule has 0 bridgehead atoms. The summed E-state index contributed by atoms with van der Waals surface area (Å²) in [5, 5.41) is 3.34. The van der Waals surface area contributed by atoms with Crippen molar-refractivity contribution in [2.24, 2.45) is 0 Å². The maximum Gasteiger partial charge on any atom is 0.165 e. The largest absolute Gasteiger partial charge is 0.487 e. The lowest BCUT2D eigenvalue weighted by Crippen LogP contribution is -2.35. The Balaban J connectivity index is 2.69. The van der Waals surface area contributed by atoms with Gasteiger partial charge in [0.15, 0.2) is 11.6 Å². The van der Waals surface area contributed by atoms with Crippen molar-refractivity contribution in [2.75, 3.05) is 0 Å². The Bertz CT molecular complexity index is 394. The molecule has 0 heterocycles.